The van der Waals surface area contributed by atoms with Crippen molar-refractivity contribution in [2.24, 2.45) is 5.92 Å². The number of rotatable bonds is 39. The second-order valence-electron chi connectivity index (χ2n) is 15.3. The first kappa shape index (κ1) is 44.0. The van der Waals surface area contributed by atoms with Gasteiger partial charge in [-0.25, -0.2) is 0 Å². The molecule has 0 amide bonds. The molecule has 0 rings (SSSR count). The lowest BCUT2D eigenvalue weighted by molar-refractivity contribution is 0.254. The topological polar surface area (TPSA) is 3.24 Å². The average molecular weight is 620 g/mol. The van der Waals surface area contributed by atoms with Crippen molar-refractivity contribution in [1.82, 2.24) is 4.90 Å². The van der Waals surface area contributed by atoms with Crippen molar-refractivity contribution in [3.63, 3.8) is 0 Å². The smallest absolute Gasteiger partial charge is 0.00187 e. The van der Waals surface area contributed by atoms with Crippen LogP contribution >= 0.6 is 0 Å². The molecule has 44 heavy (non-hydrogen) atoms. The Morgan fingerprint density at radius 2 is 0.477 bits per heavy atom. The Kier molecular flexibility index (Phi) is 39.1. The fourth-order valence-corrected chi connectivity index (χ4v) is 6.99. The first-order valence-corrected chi connectivity index (χ1v) is 21.4. The Morgan fingerprint density at radius 3 is 0.705 bits per heavy atom. The molecule has 1 nitrogen and oxygen atoms in total. The molecule has 0 bridgehead atoms. The summed E-state index contributed by atoms with van der Waals surface area (Å²) in [5.74, 6) is 0.886. The van der Waals surface area contributed by atoms with Crippen LogP contribution in [0.3, 0.4) is 0 Å². The lowest BCUT2D eigenvalue weighted by atomic mass is 10.0. The van der Waals surface area contributed by atoms with Crippen LogP contribution < -0.4 is 0 Å². The lowest BCUT2D eigenvalue weighted by Crippen LogP contribution is -2.27. The predicted octanol–water partition coefficient (Wildman–Crippen LogP) is 15.6. The summed E-state index contributed by atoms with van der Waals surface area (Å²) in [4.78, 5) is 2.86. The molecule has 0 unspecified atom stereocenters. The Bertz CT molecular complexity index is 455. The van der Waals surface area contributed by atoms with E-state index in [-0.39, 0.29) is 0 Å². The zero-order valence-corrected chi connectivity index (χ0v) is 31.9. The molecule has 266 valence electrons. The van der Waals surface area contributed by atoms with Crippen molar-refractivity contribution in [2.75, 3.05) is 19.6 Å². The zero-order chi connectivity index (χ0) is 32.0. The molecule has 0 spiro atoms. The van der Waals surface area contributed by atoms with Crippen molar-refractivity contribution in [3.05, 3.63) is 0 Å². The minimum atomic E-state index is 0.886. The summed E-state index contributed by atoms with van der Waals surface area (Å²) in [6.07, 6.45) is 51.1. The van der Waals surface area contributed by atoms with E-state index in [1.807, 2.05) is 0 Å². The molecular weight excluding hydrogens is 530 g/mol. The molecule has 0 radical (unpaired) electrons. The molecule has 0 heterocycles. The maximum absolute atomic E-state index is 2.86. The summed E-state index contributed by atoms with van der Waals surface area (Å²) in [5.41, 5.74) is 0. The second-order valence-corrected chi connectivity index (χ2v) is 15.3. The second kappa shape index (κ2) is 39.1. The Labute approximate surface area is 282 Å². The highest BCUT2D eigenvalue weighted by Crippen LogP contribution is 2.16. The van der Waals surface area contributed by atoms with Gasteiger partial charge in [-0.2, -0.15) is 0 Å². The zero-order valence-electron chi connectivity index (χ0n) is 31.9. The Hall–Kier alpha value is -0.0400. The van der Waals surface area contributed by atoms with E-state index in [0.29, 0.717) is 0 Å². The van der Waals surface area contributed by atoms with Crippen LogP contribution in [0.25, 0.3) is 0 Å². The normalized spacial score (nSPS) is 11.9. The van der Waals surface area contributed by atoms with Crippen LogP contribution in [0.2, 0.25) is 0 Å². The van der Waals surface area contributed by atoms with Gasteiger partial charge in [0.2, 0.25) is 0 Å². The highest BCUT2D eigenvalue weighted by Gasteiger charge is 2.05. The molecule has 0 saturated carbocycles. The molecule has 0 aromatic heterocycles. The van der Waals surface area contributed by atoms with E-state index in [4.69, 9.17) is 0 Å². The minimum absolute atomic E-state index is 0.886. The third kappa shape index (κ3) is 38.1. The van der Waals surface area contributed by atoms with E-state index in [2.05, 4.69) is 32.6 Å². The maximum Gasteiger partial charge on any atom is -0.00187 e. The average Bonchev–Trinajstić information content (AvgIpc) is 3.02. The van der Waals surface area contributed by atoms with Gasteiger partial charge < -0.3 is 4.90 Å². The van der Waals surface area contributed by atoms with E-state index < -0.39 is 0 Å². The van der Waals surface area contributed by atoms with Crippen LogP contribution in [0.1, 0.15) is 252 Å². The lowest BCUT2D eigenvalue weighted by Gasteiger charge is -2.22. The quantitative estimate of drug-likeness (QED) is 0.0619. The molecule has 0 aliphatic heterocycles. The molecule has 0 aliphatic rings. The van der Waals surface area contributed by atoms with Gasteiger partial charge in [-0.05, 0) is 44.8 Å². The van der Waals surface area contributed by atoms with Gasteiger partial charge in [0.1, 0.15) is 0 Å². The third-order valence-electron chi connectivity index (χ3n) is 10.2. The largest absolute Gasteiger partial charge is 0.303 e. The van der Waals surface area contributed by atoms with E-state index in [0.717, 1.165) is 5.92 Å². The maximum atomic E-state index is 2.86. The van der Waals surface area contributed by atoms with Gasteiger partial charge in [0, 0.05) is 0 Å². The van der Waals surface area contributed by atoms with Crippen molar-refractivity contribution in [3.8, 4) is 0 Å². The first-order chi connectivity index (χ1) is 21.7. The van der Waals surface area contributed by atoms with Gasteiger partial charge in [-0.15, -0.1) is 0 Å². The van der Waals surface area contributed by atoms with E-state index >= 15 is 0 Å². The van der Waals surface area contributed by atoms with E-state index in [1.165, 1.54) is 244 Å². The summed E-state index contributed by atoms with van der Waals surface area (Å²) in [6, 6.07) is 0. The van der Waals surface area contributed by atoms with Crippen molar-refractivity contribution >= 4 is 0 Å². The van der Waals surface area contributed by atoms with Crippen LogP contribution in [0, 0.1) is 5.92 Å². The molecule has 0 aromatic rings. The van der Waals surface area contributed by atoms with Crippen LogP contribution in [0.4, 0.5) is 0 Å². The molecule has 0 aliphatic carbocycles. The van der Waals surface area contributed by atoms with E-state index in [9.17, 15) is 0 Å². The first-order valence-electron chi connectivity index (χ1n) is 21.4. The van der Waals surface area contributed by atoms with Gasteiger partial charge in [-0.3, -0.25) is 0 Å². The molecule has 0 atom stereocenters. The fraction of sp³-hybridized carbons (Fsp3) is 1.00. The highest BCUT2D eigenvalue weighted by molar-refractivity contribution is 4.61. The molecule has 1 heteroatoms. The summed E-state index contributed by atoms with van der Waals surface area (Å²) in [5, 5.41) is 0. The van der Waals surface area contributed by atoms with Gasteiger partial charge in [-0.1, -0.05) is 233 Å². The van der Waals surface area contributed by atoms with Gasteiger partial charge >= 0.3 is 0 Å². The van der Waals surface area contributed by atoms with Gasteiger partial charge in [0.25, 0.3) is 0 Å². The number of nitrogens with zero attached hydrogens (tertiary/aromatic N) is 1. The molecule has 0 aromatic carbocycles. The van der Waals surface area contributed by atoms with Gasteiger partial charge in [0.05, 0.1) is 0 Å². The summed E-state index contributed by atoms with van der Waals surface area (Å²) < 4.78 is 0. The van der Waals surface area contributed by atoms with E-state index in [1.54, 1.807) is 0 Å². The highest BCUT2D eigenvalue weighted by atomic mass is 15.1. The Morgan fingerprint density at radius 1 is 0.273 bits per heavy atom. The monoisotopic (exact) mass is 620 g/mol. The van der Waals surface area contributed by atoms with Crippen molar-refractivity contribution < 1.29 is 0 Å². The minimum Gasteiger partial charge on any atom is -0.303 e. The predicted molar refractivity (Wildman–Crippen MR) is 204 cm³/mol. The molecule has 0 fully saturated rings. The Balaban J connectivity index is 3.91. The SMILES string of the molecule is CCCCCCCCCCCCCCCN(CCCCCCCCCCCCCCC)CCCCCCCCCCC(C)C. The van der Waals surface area contributed by atoms with Crippen molar-refractivity contribution in [2.45, 2.75) is 252 Å². The molecule has 0 N–H and O–H groups in total. The molecule has 0 saturated heterocycles. The summed E-state index contributed by atoms with van der Waals surface area (Å²) >= 11 is 0. The van der Waals surface area contributed by atoms with Crippen molar-refractivity contribution in [1.29, 1.82) is 0 Å². The van der Waals surface area contributed by atoms with Crippen LogP contribution in [-0.2, 0) is 0 Å². The standard InChI is InChI=1S/C43H89N/c1-5-7-9-11-13-15-17-19-21-24-28-32-36-40-44(42-38-34-30-26-23-27-31-35-39-43(3)4)41-37-33-29-25-22-20-18-16-14-12-10-8-6-2/h43H,5-42H2,1-4H3. The summed E-state index contributed by atoms with van der Waals surface area (Å²) in [6.45, 7) is 13.5. The third-order valence-corrected chi connectivity index (χ3v) is 10.2. The number of hydrogen-bond acceptors (Lipinski definition) is 1. The summed E-state index contributed by atoms with van der Waals surface area (Å²) in [7, 11) is 0. The molecular formula is C43H89N. The fourth-order valence-electron chi connectivity index (χ4n) is 6.99. The number of hydrogen-bond donors (Lipinski definition) is 0. The van der Waals surface area contributed by atoms with Crippen LogP contribution in [0.5, 0.6) is 0 Å². The van der Waals surface area contributed by atoms with Gasteiger partial charge in [0.15, 0.2) is 0 Å². The number of unbranched alkanes of at least 4 members (excludes halogenated alkanes) is 31. The van der Waals surface area contributed by atoms with Crippen LogP contribution in [0.15, 0.2) is 0 Å². The van der Waals surface area contributed by atoms with Crippen LogP contribution in [-0.4, -0.2) is 24.5 Å².